The lowest BCUT2D eigenvalue weighted by Gasteiger charge is -2.35. The summed E-state index contributed by atoms with van der Waals surface area (Å²) < 4.78 is 17.9. The van der Waals surface area contributed by atoms with Gasteiger partial charge in [-0.25, -0.2) is 0 Å². The zero-order valence-corrected chi connectivity index (χ0v) is 18.4. The molecule has 0 bridgehead atoms. The van der Waals surface area contributed by atoms with Crippen LogP contribution in [0.2, 0.25) is 0 Å². The monoisotopic (exact) mass is 405 g/mol. The van der Waals surface area contributed by atoms with E-state index in [0.29, 0.717) is 12.5 Å². The molecule has 4 heteroatoms. The first kappa shape index (κ1) is 20.5. The Balaban J connectivity index is 1.40. The predicted molar refractivity (Wildman–Crippen MR) is 124 cm³/mol. The highest BCUT2D eigenvalue weighted by molar-refractivity contribution is 5.83. The van der Waals surface area contributed by atoms with Crippen molar-refractivity contribution in [2.24, 2.45) is 5.92 Å². The standard InChI is InChI=1S/C26H31NO3/c1-26(2)17-20(13-14-29-26)18-28-23-12-8-21-15-24(30-25(21)16-23)11-7-19-5-9-22(10-6-19)27(3)4/h5-12,15-16,20H,13-14,17-18H2,1-4H3. The van der Waals surface area contributed by atoms with Crippen molar-refractivity contribution in [1.82, 2.24) is 0 Å². The molecule has 0 spiro atoms. The van der Waals surface area contributed by atoms with Crippen LogP contribution in [0.4, 0.5) is 5.69 Å². The molecule has 1 aliphatic heterocycles. The quantitative estimate of drug-likeness (QED) is 0.485. The number of nitrogens with zero attached hydrogens (tertiary/aromatic N) is 1. The van der Waals surface area contributed by atoms with E-state index in [1.54, 1.807) is 0 Å². The molecule has 4 nitrogen and oxygen atoms in total. The third kappa shape index (κ3) is 5.06. The molecule has 4 rings (SSSR count). The van der Waals surface area contributed by atoms with Crippen LogP contribution in [0.1, 0.15) is 38.0 Å². The van der Waals surface area contributed by atoms with Gasteiger partial charge >= 0.3 is 0 Å². The predicted octanol–water partition coefficient (Wildman–Crippen LogP) is 6.25. The fraction of sp³-hybridized carbons (Fsp3) is 0.385. The van der Waals surface area contributed by atoms with Crippen LogP contribution >= 0.6 is 0 Å². The van der Waals surface area contributed by atoms with E-state index < -0.39 is 0 Å². The number of furan rings is 1. The first-order chi connectivity index (χ1) is 14.4. The number of hydrogen-bond donors (Lipinski definition) is 0. The summed E-state index contributed by atoms with van der Waals surface area (Å²) in [5, 5.41) is 1.08. The second-order valence-electron chi connectivity index (χ2n) is 8.95. The molecule has 0 N–H and O–H groups in total. The molecule has 158 valence electrons. The van der Waals surface area contributed by atoms with E-state index in [1.165, 1.54) is 5.69 Å². The molecule has 1 aliphatic rings. The fourth-order valence-corrected chi connectivity index (χ4v) is 3.98. The summed E-state index contributed by atoms with van der Waals surface area (Å²) in [5.74, 6) is 2.22. The first-order valence-electron chi connectivity index (χ1n) is 10.6. The van der Waals surface area contributed by atoms with Crippen LogP contribution in [-0.2, 0) is 4.74 Å². The smallest absolute Gasteiger partial charge is 0.138 e. The molecule has 0 radical (unpaired) electrons. The van der Waals surface area contributed by atoms with Crippen molar-refractivity contribution in [3.63, 3.8) is 0 Å². The molecule has 2 aromatic carbocycles. The van der Waals surface area contributed by atoms with Crippen molar-refractivity contribution in [1.29, 1.82) is 0 Å². The van der Waals surface area contributed by atoms with Gasteiger partial charge in [0.2, 0.25) is 0 Å². The third-order valence-electron chi connectivity index (χ3n) is 5.64. The molecule has 0 saturated carbocycles. The van der Waals surface area contributed by atoms with Crippen LogP contribution in [0.15, 0.2) is 52.9 Å². The van der Waals surface area contributed by atoms with Gasteiger partial charge in [0, 0.05) is 37.8 Å². The van der Waals surface area contributed by atoms with E-state index in [4.69, 9.17) is 13.9 Å². The molecule has 3 aromatic rings. The minimum Gasteiger partial charge on any atom is -0.493 e. The number of anilines is 1. The Hall–Kier alpha value is -2.72. The number of rotatable bonds is 6. The number of ether oxygens (including phenoxy) is 2. The maximum atomic E-state index is 6.08. The van der Waals surface area contributed by atoms with E-state index >= 15 is 0 Å². The molecule has 2 heterocycles. The summed E-state index contributed by atoms with van der Waals surface area (Å²) in [7, 11) is 4.09. The van der Waals surface area contributed by atoms with Gasteiger partial charge in [-0.15, -0.1) is 0 Å². The van der Waals surface area contributed by atoms with Crippen molar-refractivity contribution in [3.05, 3.63) is 59.9 Å². The Morgan fingerprint density at radius 3 is 2.60 bits per heavy atom. The highest BCUT2D eigenvalue weighted by Crippen LogP contribution is 2.30. The number of hydrogen-bond acceptors (Lipinski definition) is 4. The van der Waals surface area contributed by atoms with Crippen molar-refractivity contribution < 1.29 is 13.9 Å². The molecule has 1 saturated heterocycles. The Morgan fingerprint density at radius 1 is 1.07 bits per heavy atom. The molecular formula is C26H31NO3. The minimum absolute atomic E-state index is 0.0503. The SMILES string of the molecule is CN(C)c1ccc(C=Cc2cc3ccc(OCC4CCOC(C)(C)C4)cc3o2)cc1. The Labute approximate surface area is 179 Å². The van der Waals surface area contributed by atoms with E-state index in [1.807, 2.05) is 32.3 Å². The van der Waals surface area contributed by atoms with Gasteiger partial charge in [-0.2, -0.15) is 0 Å². The van der Waals surface area contributed by atoms with Gasteiger partial charge in [-0.1, -0.05) is 18.2 Å². The largest absolute Gasteiger partial charge is 0.493 e. The topological polar surface area (TPSA) is 34.8 Å². The lowest BCUT2D eigenvalue weighted by atomic mass is 9.89. The summed E-state index contributed by atoms with van der Waals surface area (Å²) in [6.45, 7) is 5.83. The third-order valence-corrected chi connectivity index (χ3v) is 5.64. The summed E-state index contributed by atoms with van der Waals surface area (Å²) in [5.41, 5.74) is 3.13. The molecule has 1 fully saturated rings. The van der Waals surface area contributed by atoms with Crippen LogP contribution in [0.25, 0.3) is 23.1 Å². The van der Waals surface area contributed by atoms with Gasteiger partial charge in [0.25, 0.3) is 0 Å². The molecule has 1 unspecified atom stereocenters. The lowest BCUT2D eigenvalue weighted by molar-refractivity contribution is -0.0785. The molecule has 1 aromatic heterocycles. The van der Waals surface area contributed by atoms with Gasteiger partial charge in [0.1, 0.15) is 17.1 Å². The van der Waals surface area contributed by atoms with Crippen molar-refractivity contribution >= 4 is 28.8 Å². The summed E-state index contributed by atoms with van der Waals surface area (Å²) in [4.78, 5) is 2.09. The van der Waals surface area contributed by atoms with Crippen LogP contribution in [0.3, 0.4) is 0 Å². The minimum atomic E-state index is -0.0503. The summed E-state index contributed by atoms with van der Waals surface area (Å²) >= 11 is 0. The molecule has 0 amide bonds. The lowest BCUT2D eigenvalue weighted by Crippen LogP contribution is -2.36. The second-order valence-corrected chi connectivity index (χ2v) is 8.95. The molecule has 1 atom stereocenters. The van der Waals surface area contributed by atoms with E-state index in [0.717, 1.165) is 47.5 Å². The van der Waals surface area contributed by atoms with Gasteiger partial charge in [0.15, 0.2) is 0 Å². The highest BCUT2D eigenvalue weighted by atomic mass is 16.5. The van der Waals surface area contributed by atoms with Crippen LogP contribution in [0.5, 0.6) is 5.75 Å². The van der Waals surface area contributed by atoms with Crippen LogP contribution < -0.4 is 9.64 Å². The van der Waals surface area contributed by atoms with Gasteiger partial charge in [-0.3, -0.25) is 0 Å². The summed E-state index contributed by atoms with van der Waals surface area (Å²) in [6, 6.07) is 16.6. The number of benzene rings is 2. The van der Waals surface area contributed by atoms with Crippen molar-refractivity contribution in [2.75, 3.05) is 32.2 Å². The highest BCUT2D eigenvalue weighted by Gasteiger charge is 2.29. The van der Waals surface area contributed by atoms with Gasteiger partial charge < -0.3 is 18.8 Å². The van der Waals surface area contributed by atoms with Gasteiger partial charge in [-0.05, 0) is 74.6 Å². The summed E-state index contributed by atoms with van der Waals surface area (Å²) in [6.07, 6.45) is 6.16. The maximum Gasteiger partial charge on any atom is 0.138 e. The molecule has 0 aliphatic carbocycles. The van der Waals surface area contributed by atoms with Crippen molar-refractivity contribution in [2.45, 2.75) is 32.3 Å². The van der Waals surface area contributed by atoms with Gasteiger partial charge in [0.05, 0.1) is 12.2 Å². The molecular weight excluding hydrogens is 374 g/mol. The average Bonchev–Trinajstić information content (AvgIpc) is 3.12. The zero-order chi connectivity index (χ0) is 21.1. The van der Waals surface area contributed by atoms with E-state index in [2.05, 4.69) is 61.2 Å². The zero-order valence-electron chi connectivity index (χ0n) is 18.4. The first-order valence-corrected chi connectivity index (χ1v) is 10.6. The average molecular weight is 406 g/mol. The Morgan fingerprint density at radius 2 is 1.87 bits per heavy atom. The second kappa shape index (κ2) is 8.57. The van der Waals surface area contributed by atoms with E-state index in [9.17, 15) is 0 Å². The number of fused-ring (bicyclic) bond motifs is 1. The van der Waals surface area contributed by atoms with Crippen molar-refractivity contribution in [3.8, 4) is 5.75 Å². The maximum absolute atomic E-state index is 6.08. The Bertz CT molecular complexity index is 1010. The van der Waals surface area contributed by atoms with E-state index in [-0.39, 0.29) is 5.60 Å². The Kier molecular flexibility index (Phi) is 5.87. The fourth-order valence-electron chi connectivity index (χ4n) is 3.98. The molecule has 30 heavy (non-hydrogen) atoms. The normalized spacial score (nSPS) is 18.7. The van der Waals surface area contributed by atoms with Crippen LogP contribution in [0, 0.1) is 5.92 Å². The van der Waals surface area contributed by atoms with Crippen LogP contribution in [-0.4, -0.2) is 32.9 Å².